The van der Waals surface area contributed by atoms with Crippen LogP contribution in [0.4, 0.5) is 11.5 Å². The number of nitrogens with two attached hydrogens (primary N) is 1. The minimum Gasteiger partial charge on any atom is -0.396 e. The molecule has 2 aromatic rings. The van der Waals surface area contributed by atoms with Gasteiger partial charge in [-0.05, 0) is 24.1 Å². The second kappa shape index (κ2) is 5.51. The van der Waals surface area contributed by atoms with Crippen LogP contribution < -0.4 is 11.1 Å². The van der Waals surface area contributed by atoms with Gasteiger partial charge in [0.2, 0.25) is 0 Å². The molecule has 0 spiro atoms. The molecule has 0 bridgehead atoms. The average Bonchev–Trinajstić information content (AvgIpc) is 2.41. The molecular formula is C14H17N3O. The molecule has 1 heterocycles. The number of hydrogen-bond acceptors (Lipinski definition) is 4. The van der Waals surface area contributed by atoms with Crippen molar-refractivity contribution in [1.82, 2.24) is 4.98 Å². The molecule has 4 nitrogen and oxygen atoms in total. The van der Waals surface area contributed by atoms with Gasteiger partial charge in [-0.1, -0.05) is 30.3 Å². The number of nitrogens with zero attached hydrogens (tertiary/aromatic N) is 1. The molecule has 1 aromatic heterocycles. The van der Waals surface area contributed by atoms with Crippen molar-refractivity contribution in [3.63, 3.8) is 0 Å². The van der Waals surface area contributed by atoms with Crippen LogP contribution in [0, 0.1) is 6.92 Å². The number of pyridine rings is 1. The first-order chi connectivity index (χ1) is 8.72. The summed E-state index contributed by atoms with van der Waals surface area (Å²) in [5.74, 6) is 0.609. The maximum Gasteiger partial charge on any atom is 0.149 e. The largest absolute Gasteiger partial charge is 0.396 e. The van der Waals surface area contributed by atoms with Gasteiger partial charge in [-0.15, -0.1) is 0 Å². The number of benzene rings is 1. The molecule has 2 rings (SSSR count). The highest BCUT2D eigenvalue weighted by Crippen LogP contribution is 2.24. The predicted molar refractivity (Wildman–Crippen MR) is 73.3 cm³/mol. The fourth-order valence-electron chi connectivity index (χ4n) is 1.77. The topological polar surface area (TPSA) is 71.2 Å². The van der Waals surface area contributed by atoms with Gasteiger partial charge in [-0.2, -0.15) is 0 Å². The zero-order valence-corrected chi connectivity index (χ0v) is 10.3. The summed E-state index contributed by atoms with van der Waals surface area (Å²) in [6.07, 6.45) is 1.70. The lowest BCUT2D eigenvalue weighted by Crippen LogP contribution is -2.16. The Morgan fingerprint density at radius 2 is 2.00 bits per heavy atom. The van der Waals surface area contributed by atoms with Crippen LogP contribution in [0.15, 0.2) is 42.6 Å². The number of aliphatic hydroxyl groups is 1. The highest BCUT2D eigenvalue weighted by Gasteiger charge is 2.12. The second-order valence-electron chi connectivity index (χ2n) is 4.18. The fourth-order valence-corrected chi connectivity index (χ4v) is 1.77. The van der Waals surface area contributed by atoms with E-state index in [1.807, 2.05) is 43.3 Å². The molecule has 0 radical (unpaired) electrons. The van der Waals surface area contributed by atoms with Crippen LogP contribution in [0.5, 0.6) is 0 Å². The lowest BCUT2D eigenvalue weighted by atomic mass is 10.1. The molecule has 18 heavy (non-hydrogen) atoms. The molecule has 0 fully saturated rings. The Morgan fingerprint density at radius 3 is 2.67 bits per heavy atom. The van der Waals surface area contributed by atoms with E-state index in [0.717, 1.165) is 11.1 Å². The molecule has 4 N–H and O–H groups in total. The molecule has 1 atom stereocenters. The first-order valence-electron chi connectivity index (χ1n) is 5.85. The van der Waals surface area contributed by atoms with Gasteiger partial charge in [-0.25, -0.2) is 4.98 Å². The number of aromatic nitrogens is 1. The van der Waals surface area contributed by atoms with E-state index in [4.69, 9.17) is 5.73 Å². The number of nitrogens with one attached hydrogen (secondary N) is 1. The SMILES string of the molecule is Cc1ccnc(NC(CO)c2ccccc2)c1N. The third-order valence-corrected chi connectivity index (χ3v) is 2.90. The van der Waals surface area contributed by atoms with Gasteiger partial charge in [-0.3, -0.25) is 0 Å². The Balaban J connectivity index is 2.24. The summed E-state index contributed by atoms with van der Waals surface area (Å²) in [4.78, 5) is 4.21. The number of rotatable bonds is 4. The monoisotopic (exact) mass is 243 g/mol. The Labute approximate surface area is 106 Å². The van der Waals surface area contributed by atoms with Crippen molar-refractivity contribution in [2.75, 3.05) is 17.7 Å². The number of nitrogen functional groups attached to an aromatic ring is 1. The Bertz CT molecular complexity index is 514. The van der Waals surface area contributed by atoms with Crippen LogP contribution in [-0.2, 0) is 0 Å². The fraction of sp³-hybridized carbons (Fsp3) is 0.214. The molecule has 4 heteroatoms. The molecular weight excluding hydrogens is 226 g/mol. The van der Waals surface area contributed by atoms with E-state index in [9.17, 15) is 5.11 Å². The van der Waals surface area contributed by atoms with Gasteiger partial charge in [0.15, 0.2) is 0 Å². The predicted octanol–water partition coefficient (Wildman–Crippen LogP) is 2.12. The van der Waals surface area contributed by atoms with E-state index in [1.54, 1.807) is 6.20 Å². The summed E-state index contributed by atoms with van der Waals surface area (Å²) in [6, 6.07) is 11.4. The van der Waals surface area contributed by atoms with Crippen molar-refractivity contribution in [2.24, 2.45) is 0 Å². The van der Waals surface area contributed by atoms with Crippen LogP contribution >= 0.6 is 0 Å². The number of hydrogen-bond donors (Lipinski definition) is 3. The van der Waals surface area contributed by atoms with E-state index in [2.05, 4.69) is 10.3 Å². The van der Waals surface area contributed by atoms with Gasteiger partial charge in [0, 0.05) is 6.20 Å². The van der Waals surface area contributed by atoms with Crippen LogP contribution in [0.3, 0.4) is 0 Å². The minimum atomic E-state index is -0.206. The minimum absolute atomic E-state index is 0.0148. The second-order valence-corrected chi connectivity index (χ2v) is 4.18. The summed E-state index contributed by atoms with van der Waals surface area (Å²) >= 11 is 0. The molecule has 0 aliphatic heterocycles. The van der Waals surface area contributed by atoms with Crippen molar-refractivity contribution >= 4 is 11.5 Å². The van der Waals surface area contributed by atoms with E-state index in [0.29, 0.717) is 11.5 Å². The van der Waals surface area contributed by atoms with Crippen molar-refractivity contribution in [3.05, 3.63) is 53.7 Å². The molecule has 0 amide bonds. The molecule has 1 unspecified atom stereocenters. The first-order valence-corrected chi connectivity index (χ1v) is 5.85. The number of anilines is 2. The van der Waals surface area contributed by atoms with E-state index in [1.165, 1.54) is 0 Å². The lowest BCUT2D eigenvalue weighted by molar-refractivity contribution is 0.276. The Kier molecular flexibility index (Phi) is 3.79. The normalized spacial score (nSPS) is 12.1. The maximum atomic E-state index is 9.47. The van der Waals surface area contributed by atoms with E-state index < -0.39 is 0 Å². The van der Waals surface area contributed by atoms with E-state index in [-0.39, 0.29) is 12.6 Å². The summed E-state index contributed by atoms with van der Waals surface area (Å²) in [5.41, 5.74) is 8.55. The van der Waals surface area contributed by atoms with Crippen molar-refractivity contribution < 1.29 is 5.11 Å². The number of aryl methyl sites for hydroxylation is 1. The summed E-state index contributed by atoms with van der Waals surface area (Å²) < 4.78 is 0. The highest BCUT2D eigenvalue weighted by molar-refractivity contribution is 5.65. The van der Waals surface area contributed by atoms with Gasteiger partial charge in [0.25, 0.3) is 0 Å². The summed E-state index contributed by atoms with van der Waals surface area (Å²) in [5, 5.41) is 12.6. The maximum absolute atomic E-state index is 9.47. The Morgan fingerprint density at radius 1 is 1.28 bits per heavy atom. The zero-order chi connectivity index (χ0) is 13.0. The Hall–Kier alpha value is -2.07. The van der Waals surface area contributed by atoms with Crippen LogP contribution in [-0.4, -0.2) is 16.7 Å². The van der Waals surface area contributed by atoms with Crippen LogP contribution in [0.1, 0.15) is 17.2 Å². The van der Waals surface area contributed by atoms with Gasteiger partial charge in [0.05, 0.1) is 18.3 Å². The van der Waals surface area contributed by atoms with E-state index >= 15 is 0 Å². The molecule has 94 valence electrons. The van der Waals surface area contributed by atoms with Crippen molar-refractivity contribution in [3.8, 4) is 0 Å². The third kappa shape index (κ3) is 2.60. The quantitative estimate of drug-likeness (QED) is 0.769. The van der Waals surface area contributed by atoms with Crippen LogP contribution in [0.25, 0.3) is 0 Å². The first kappa shape index (κ1) is 12.4. The summed E-state index contributed by atoms with van der Waals surface area (Å²) in [7, 11) is 0. The van der Waals surface area contributed by atoms with Crippen LogP contribution in [0.2, 0.25) is 0 Å². The van der Waals surface area contributed by atoms with Gasteiger partial charge >= 0.3 is 0 Å². The summed E-state index contributed by atoms with van der Waals surface area (Å²) in [6.45, 7) is 1.91. The van der Waals surface area contributed by atoms with Crippen molar-refractivity contribution in [1.29, 1.82) is 0 Å². The number of aliphatic hydroxyl groups excluding tert-OH is 1. The standard InChI is InChI=1S/C14H17N3O/c1-10-7-8-16-14(13(10)15)17-12(9-18)11-5-3-2-4-6-11/h2-8,12,18H,9,15H2,1H3,(H,16,17). The smallest absolute Gasteiger partial charge is 0.149 e. The highest BCUT2D eigenvalue weighted by atomic mass is 16.3. The zero-order valence-electron chi connectivity index (χ0n) is 10.3. The van der Waals surface area contributed by atoms with Crippen molar-refractivity contribution in [2.45, 2.75) is 13.0 Å². The molecule has 0 saturated carbocycles. The third-order valence-electron chi connectivity index (χ3n) is 2.90. The molecule has 0 aliphatic carbocycles. The molecule has 0 saturated heterocycles. The van der Waals surface area contributed by atoms with Gasteiger partial charge in [0.1, 0.15) is 5.82 Å². The molecule has 0 aliphatic rings. The van der Waals surface area contributed by atoms with Gasteiger partial charge < -0.3 is 16.2 Å². The molecule has 1 aromatic carbocycles. The lowest BCUT2D eigenvalue weighted by Gasteiger charge is -2.19. The average molecular weight is 243 g/mol.